The van der Waals surface area contributed by atoms with Crippen LogP contribution in [0.2, 0.25) is 0 Å². The van der Waals surface area contributed by atoms with E-state index in [0.29, 0.717) is 5.69 Å². The number of rotatable bonds is 3. The average Bonchev–Trinajstić information content (AvgIpc) is 2.45. The average molecular weight is 290 g/mol. The number of hydrogen-bond donors (Lipinski definition) is 3. The molecule has 1 unspecified atom stereocenters. The molecule has 1 atom stereocenters. The van der Waals surface area contributed by atoms with E-state index in [2.05, 4.69) is 16.0 Å². The van der Waals surface area contributed by atoms with Crippen molar-refractivity contribution in [1.29, 1.82) is 0 Å². The number of hydrogen-bond acceptors (Lipinski definition) is 4. The predicted molar refractivity (Wildman–Crippen MR) is 77.7 cm³/mol. The van der Waals surface area contributed by atoms with Crippen molar-refractivity contribution >= 4 is 23.5 Å². The van der Waals surface area contributed by atoms with Crippen molar-refractivity contribution in [3.8, 4) is 0 Å². The van der Waals surface area contributed by atoms with Gasteiger partial charge in [0, 0.05) is 11.7 Å². The van der Waals surface area contributed by atoms with Gasteiger partial charge in [-0.15, -0.1) is 0 Å². The van der Waals surface area contributed by atoms with Crippen LogP contribution < -0.4 is 16.0 Å². The fourth-order valence-electron chi connectivity index (χ4n) is 2.04. The zero-order valence-corrected chi connectivity index (χ0v) is 12.0. The summed E-state index contributed by atoms with van der Waals surface area (Å²) in [6.45, 7) is 1.77. The van der Waals surface area contributed by atoms with Crippen LogP contribution in [-0.2, 0) is 9.59 Å². The SMILES string of the molecule is CNC(C)c1cccc(NC(=O)N2CC(=O)NC(=O)C2)c1. The number of nitrogens with one attached hydrogen (secondary N) is 3. The van der Waals surface area contributed by atoms with Crippen molar-refractivity contribution in [3.63, 3.8) is 0 Å². The molecule has 1 fully saturated rings. The van der Waals surface area contributed by atoms with E-state index in [4.69, 9.17) is 0 Å². The molecule has 1 aliphatic rings. The van der Waals surface area contributed by atoms with E-state index in [9.17, 15) is 14.4 Å². The predicted octanol–water partition coefficient (Wildman–Crippen LogP) is 0.457. The highest BCUT2D eigenvalue weighted by Gasteiger charge is 2.26. The molecule has 1 aromatic rings. The minimum absolute atomic E-state index is 0.121. The summed E-state index contributed by atoms with van der Waals surface area (Å²) >= 11 is 0. The van der Waals surface area contributed by atoms with Gasteiger partial charge in [-0.25, -0.2) is 4.79 Å². The molecule has 1 saturated heterocycles. The van der Waals surface area contributed by atoms with Gasteiger partial charge in [-0.05, 0) is 31.7 Å². The zero-order chi connectivity index (χ0) is 15.4. The van der Waals surface area contributed by atoms with Crippen LogP contribution in [0.25, 0.3) is 0 Å². The fraction of sp³-hybridized carbons (Fsp3) is 0.357. The zero-order valence-electron chi connectivity index (χ0n) is 12.0. The van der Waals surface area contributed by atoms with Crippen LogP contribution in [0.15, 0.2) is 24.3 Å². The topological polar surface area (TPSA) is 90.5 Å². The van der Waals surface area contributed by atoms with Crippen LogP contribution in [0.3, 0.4) is 0 Å². The molecular formula is C14H18N4O3. The van der Waals surface area contributed by atoms with Gasteiger partial charge in [0.15, 0.2) is 0 Å². The Bertz CT molecular complexity index is 557. The third-order valence-corrected chi connectivity index (χ3v) is 3.31. The van der Waals surface area contributed by atoms with Crippen molar-refractivity contribution in [1.82, 2.24) is 15.5 Å². The summed E-state index contributed by atoms with van der Waals surface area (Å²) < 4.78 is 0. The number of amides is 4. The van der Waals surface area contributed by atoms with Crippen molar-refractivity contribution in [2.24, 2.45) is 0 Å². The molecule has 0 spiro atoms. The van der Waals surface area contributed by atoms with E-state index in [0.717, 1.165) is 5.56 Å². The maximum absolute atomic E-state index is 12.1. The Balaban J connectivity index is 2.05. The molecule has 3 N–H and O–H groups in total. The molecule has 0 bridgehead atoms. The highest BCUT2D eigenvalue weighted by molar-refractivity contribution is 6.04. The number of urea groups is 1. The van der Waals surface area contributed by atoms with Gasteiger partial charge in [-0.3, -0.25) is 14.9 Å². The van der Waals surface area contributed by atoms with Crippen LogP contribution in [0.4, 0.5) is 10.5 Å². The van der Waals surface area contributed by atoms with Gasteiger partial charge in [0.05, 0.1) is 0 Å². The third kappa shape index (κ3) is 3.79. The van der Waals surface area contributed by atoms with Crippen molar-refractivity contribution in [2.75, 3.05) is 25.5 Å². The number of benzene rings is 1. The van der Waals surface area contributed by atoms with E-state index >= 15 is 0 Å². The van der Waals surface area contributed by atoms with Crippen LogP contribution in [0.1, 0.15) is 18.5 Å². The van der Waals surface area contributed by atoms with E-state index in [1.807, 2.05) is 32.2 Å². The van der Waals surface area contributed by atoms with Gasteiger partial charge >= 0.3 is 6.03 Å². The smallest absolute Gasteiger partial charge is 0.313 e. The Morgan fingerprint density at radius 3 is 2.57 bits per heavy atom. The summed E-state index contributed by atoms with van der Waals surface area (Å²) in [5.41, 5.74) is 1.65. The Morgan fingerprint density at radius 2 is 1.95 bits per heavy atom. The molecule has 112 valence electrons. The number of carbonyl (C=O) groups is 3. The van der Waals surface area contributed by atoms with Crippen LogP contribution in [-0.4, -0.2) is 42.9 Å². The maximum atomic E-state index is 12.1. The lowest BCUT2D eigenvalue weighted by atomic mass is 10.1. The Hall–Kier alpha value is -2.41. The summed E-state index contributed by atoms with van der Waals surface area (Å²) in [4.78, 5) is 35.8. The first-order chi connectivity index (χ1) is 9.99. The third-order valence-electron chi connectivity index (χ3n) is 3.31. The Labute approximate surface area is 122 Å². The van der Waals surface area contributed by atoms with Crippen LogP contribution >= 0.6 is 0 Å². The molecule has 4 amide bonds. The summed E-state index contributed by atoms with van der Waals surface area (Å²) in [7, 11) is 1.86. The van der Waals surface area contributed by atoms with Gasteiger partial charge in [0.25, 0.3) is 0 Å². The minimum atomic E-state index is -0.473. The molecule has 0 radical (unpaired) electrons. The Kier molecular flexibility index (Phi) is 4.54. The standard InChI is InChI=1S/C14H18N4O3/c1-9(15-2)10-4-3-5-11(6-10)16-14(21)18-7-12(19)17-13(20)8-18/h3-6,9,15H,7-8H2,1-2H3,(H,16,21)(H,17,19,20). The number of piperazine rings is 1. The lowest BCUT2D eigenvalue weighted by molar-refractivity contribution is -0.134. The van der Waals surface area contributed by atoms with Gasteiger partial charge in [-0.2, -0.15) is 0 Å². The number of carbonyl (C=O) groups excluding carboxylic acids is 3. The van der Waals surface area contributed by atoms with Crippen LogP contribution in [0.5, 0.6) is 0 Å². The largest absolute Gasteiger partial charge is 0.322 e. The van der Waals surface area contributed by atoms with Gasteiger partial charge < -0.3 is 15.5 Å². The number of imide groups is 1. The molecule has 0 aromatic heterocycles. The van der Waals surface area contributed by atoms with Gasteiger partial charge in [-0.1, -0.05) is 12.1 Å². The highest BCUT2D eigenvalue weighted by atomic mass is 16.2. The van der Waals surface area contributed by atoms with E-state index in [1.54, 1.807) is 6.07 Å². The molecule has 21 heavy (non-hydrogen) atoms. The highest BCUT2D eigenvalue weighted by Crippen LogP contribution is 2.17. The van der Waals surface area contributed by atoms with E-state index in [-0.39, 0.29) is 19.1 Å². The molecule has 1 heterocycles. The van der Waals surface area contributed by atoms with E-state index in [1.165, 1.54) is 4.90 Å². The van der Waals surface area contributed by atoms with Crippen molar-refractivity contribution in [3.05, 3.63) is 29.8 Å². The number of anilines is 1. The minimum Gasteiger partial charge on any atom is -0.313 e. The second kappa shape index (κ2) is 6.36. The van der Waals surface area contributed by atoms with Crippen molar-refractivity contribution < 1.29 is 14.4 Å². The second-order valence-corrected chi connectivity index (χ2v) is 4.89. The fourth-order valence-corrected chi connectivity index (χ4v) is 2.04. The molecule has 0 saturated carbocycles. The molecule has 1 aromatic carbocycles. The summed E-state index contributed by atoms with van der Waals surface area (Å²) in [6, 6.07) is 7.10. The lowest BCUT2D eigenvalue weighted by Gasteiger charge is -2.25. The quantitative estimate of drug-likeness (QED) is 0.705. The van der Waals surface area contributed by atoms with Crippen molar-refractivity contribution in [2.45, 2.75) is 13.0 Å². The molecule has 7 nitrogen and oxygen atoms in total. The first-order valence-electron chi connectivity index (χ1n) is 6.65. The Morgan fingerprint density at radius 1 is 1.29 bits per heavy atom. The number of nitrogens with zero attached hydrogens (tertiary/aromatic N) is 1. The molecular weight excluding hydrogens is 272 g/mol. The maximum Gasteiger partial charge on any atom is 0.322 e. The normalized spacial score (nSPS) is 16.4. The summed E-state index contributed by atoms with van der Waals surface area (Å²) in [6.07, 6.45) is 0. The lowest BCUT2D eigenvalue weighted by Crippen LogP contribution is -2.54. The van der Waals surface area contributed by atoms with Gasteiger partial charge in [0.2, 0.25) is 11.8 Å². The second-order valence-electron chi connectivity index (χ2n) is 4.89. The first kappa shape index (κ1) is 15.0. The van der Waals surface area contributed by atoms with E-state index < -0.39 is 17.8 Å². The summed E-state index contributed by atoms with van der Waals surface area (Å²) in [5.74, 6) is -0.946. The molecule has 0 aliphatic carbocycles. The molecule has 1 aliphatic heterocycles. The molecule has 7 heteroatoms. The summed E-state index contributed by atoms with van der Waals surface area (Å²) in [5, 5.41) is 7.97. The van der Waals surface area contributed by atoms with Crippen LogP contribution in [0, 0.1) is 0 Å². The van der Waals surface area contributed by atoms with Gasteiger partial charge in [0.1, 0.15) is 13.1 Å². The first-order valence-corrected chi connectivity index (χ1v) is 6.65. The molecule has 2 rings (SSSR count). The monoisotopic (exact) mass is 290 g/mol.